The minimum Gasteiger partial charge on any atom is -0.357 e. The van der Waals surface area contributed by atoms with Gasteiger partial charge in [-0.1, -0.05) is 20.8 Å². The Morgan fingerprint density at radius 3 is 2.26 bits per heavy atom. The summed E-state index contributed by atoms with van der Waals surface area (Å²) in [7, 11) is 3.27. The lowest BCUT2D eigenvalue weighted by Gasteiger charge is -2.35. The van der Waals surface area contributed by atoms with E-state index >= 15 is 0 Å². The Morgan fingerprint density at radius 2 is 1.78 bits per heavy atom. The average molecular weight is 326 g/mol. The number of amides is 3. The Bertz CT molecular complexity index is 459. The molecule has 1 saturated heterocycles. The summed E-state index contributed by atoms with van der Waals surface area (Å²) in [5.74, 6) is -0.574. The third-order valence-electron chi connectivity index (χ3n) is 4.31. The fourth-order valence-corrected chi connectivity index (χ4v) is 2.68. The minimum atomic E-state index is -0.670. The fourth-order valence-electron chi connectivity index (χ4n) is 2.68. The Morgan fingerprint density at radius 1 is 1.17 bits per heavy atom. The van der Waals surface area contributed by atoms with Crippen molar-refractivity contribution in [2.24, 2.45) is 5.41 Å². The lowest BCUT2D eigenvalue weighted by molar-refractivity contribution is -0.144. The van der Waals surface area contributed by atoms with Gasteiger partial charge in [0.15, 0.2) is 0 Å². The molecule has 0 saturated carbocycles. The number of carbonyl (C=O) groups excluding carboxylic acids is 3. The van der Waals surface area contributed by atoms with Crippen molar-refractivity contribution in [2.45, 2.75) is 58.7 Å². The summed E-state index contributed by atoms with van der Waals surface area (Å²) in [6.07, 6.45) is 1.45. The first-order valence-electron chi connectivity index (χ1n) is 8.13. The normalized spacial score (nSPS) is 20.8. The maximum atomic E-state index is 13.0. The molecule has 1 rings (SSSR count). The lowest BCUT2D eigenvalue weighted by Crippen LogP contribution is -2.59. The molecule has 0 bridgehead atoms. The molecule has 23 heavy (non-hydrogen) atoms. The first kappa shape index (κ1) is 19.4. The lowest BCUT2D eigenvalue weighted by atomic mass is 9.85. The minimum absolute atomic E-state index is 0.154. The predicted molar refractivity (Wildman–Crippen MR) is 88.7 cm³/mol. The van der Waals surface area contributed by atoms with Gasteiger partial charge >= 0.3 is 0 Å². The maximum Gasteiger partial charge on any atom is 0.246 e. The highest BCUT2D eigenvalue weighted by atomic mass is 16.2. The molecule has 0 aliphatic carbocycles. The molecule has 7 nitrogen and oxygen atoms in total. The largest absolute Gasteiger partial charge is 0.357 e. The molecule has 0 aromatic carbocycles. The zero-order chi connectivity index (χ0) is 17.8. The topological polar surface area (TPSA) is 90.5 Å². The predicted octanol–water partition coefficient (Wildman–Crippen LogP) is -0.138. The van der Waals surface area contributed by atoms with Gasteiger partial charge in [0.25, 0.3) is 0 Å². The molecule has 1 aliphatic heterocycles. The molecule has 0 spiro atoms. The van der Waals surface area contributed by atoms with Gasteiger partial charge in [0.1, 0.15) is 12.1 Å². The zero-order valence-electron chi connectivity index (χ0n) is 15.0. The smallest absolute Gasteiger partial charge is 0.246 e. The second kappa shape index (κ2) is 7.77. The molecule has 3 N–H and O–H groups in total. The second-order valence-corrected chi connectivity index (χ2v) is 7.12. The van der Waals surface area contributed by atoms with Crippen molar-refractivity contribution in [3.05, 3.63) is 0 Å². The Kier molecular flexibility index (Phi) is 6.56. The van der Waals surface area contributed by atoms with Crippen molar-refractivity contribution in [2.75, 3.05) is 20.6 Å². The van der Waals surface area contributed by atoms with Crippen LogP contribution in [0.5, 0.6) is 0 Å². The molecule has 132 valence electrons. The summed E-state index contributed by atoms with van der Waals surface area (Å²) in [6, 6.07) is -1.51. The van der Waals surface area contributed by atoms with Gasteiger partial charge in [-0.2, -0.15) is 0 Å². The van der Waals surface area contributed by atoms with Crippen LogP contribution in [-0.2, 0) is 14.4 Å². The number of likely N-dealkylation sites (N-methyl/N-ethyl adjacent to an activating group) is 2. The number of hydrogen-bond donors (Lipinski definition) is 3. The highest BCUT2D eigenvalue weighted by Gasteiger charge is 2.41. The van der Waals surface area contributed by atoms with Crippen LogP contribution in [-0.4, -0.2) is 61.4 Å². The van der Waals surface area contributed by atoms with Crippen LogP contribution in [0.15, 0.2) is 0 Å². The van der Waals surface area contributed by atoms with Crippen LogP contribution >= 0.6 is 0 Å². The van der Waals surface area contributed by atoms with Crippen LogP contribution in [0.3, 0.4) is 0 Å². The highest BCUT2D eigenvalue weighted by Crippen LogP contribution is 2.25. The first-order chi connectivity index (χ1) is 10.6. The highest BCUT2D eigenvalue weighted by molar-refractivity contribution is 5.93. The van der Waals surface area contributed by atoms with Crippen molar-refractivity contribution >= 4 is 17.7 Å². The molecule has 0 aromatic heterocycles. The van der Waals surface area contributed by atoms with Crippen molar-refractivity contribution < 1.29 is 14.4 Å². The summed E-state index contributed by atoms with van der Waals surface area (Å²) in [5, 5.41) is 8.31. The Labute approximate surface area is 138 Å². The second-order valence-electron chi connectivity index (χ2n) is 7.12. The third kappa shape index (κ3) is 4.67. The molecule has 1 unspecified atom stereocenters. The van der Waals surface area contributed by atoms with Gasteiger partial charge in [-0.25, -0.2) is 0 Å². The van der Waals surface area contributed by atoms with Gasteiger partial charge in [-0.05, 0) is 32.2 Å². The molecule has 0 radical (unpaired) electrons. The summed E-state index contributed by atoms with van der Waals surface area (Å²) < 4.78 is 0. The summed E-state index contributed by atoms with van der Waals surface area (Å²) in [4.78, 5) is 38.8. The van der Waals surface area contributed by atoms with E-state index in [4.69, 9.17) is 0 Å². The zero-order valence-corrected chi connectivity index (χ0v) is 15.0. The molecular weight excluding hydrogens is 296 g/mol. The fraction of sp³-hybridized carbons (Fsp3) is 0.812. The molecular formula is C16H30N4O3. The van der Waals surface area contributed by atoms with Crippen molar-refractivity contribution in [1.82, 2.24) is 20.9 Å². The molecule has 7 heteroatoms. The quantitative estimate of drug-likeness (QED) is 0.656. The number of nitrogens with one attached hydrogen (secondary N) is 3. The number of rotatable bonds is 5. The summed E-state index contributed by atoms with van der Waals surface area (Å²) >= 11 is 0. The van der Waals surface area contributed by atoms with E-state index in [1.807, 2.05) is 20.8 Å². The van der Waals surface area contributed by atoms with Crippen LogP contribution in [0, 0.1) is 5.41 Å². The van der Waals surface area contributed by atoms with Crippen LogP contribution in [0.1, 0.15) is 40.5 Å². The Hall–Kier alpha value is -1.63. The molecule has 3 atom stereocenters. The summed E-state index contributed by atoms with van der Waals surface area (Å²) in [5.41, 5.74) is -0.448. The molecule has 0 aromatic rings. The van der Waals surface area contributed by atoms with E-state index in [2.05, 4.69) is 16.0 Å². The number of carbonyl (C=O) groups is 3. The van der Waals surface area contributed by atoms with Gasteiger partial charge in [0.2, 0.25) is 17.7 Å². The Balaban J connectivity index is 2.96. The van der Waals surface area contributed by atoms with Gasteiger partial charge in [0, 0.05) is 13.6 Å². The van der Waals surface area contributed by atoms with Crippen LogP contribution in [0.4, 0.5) is 0 Å². The van der Waals surface area contributed by atoms with E-state index in [0.29, 0.717) is 13.0 Å². The van der Waals surface area contributed by atoms with E-state index in [1.165, 1.54) is 0 Å². The summed E-state index contributed by atoms with van der Waals surface area (Å²) in [6.45, 7) is 8.00. The van der Waals surface area contributed by atoms with E-state index in [-0.39, 0.29) is 23.8 Å². The van der Waals surface area contributed by atoms with Gasteiger partial charge in [-0.15, -0.1) is 0 Å². The van der Waals surface area contributed by atoms with E-state index < -0.39 is 17.5 Å². The van der Waals surface area contributed by atoms with E-state index in [0.717, 1.165) is 6.42 Å². The van der Waals surface area contributed by atoms with Crippen molar-refractivity contribution in [3.63, 3.8) is 0 Å². The number of likely N-dealkylation sites (tertiary alicyclic amines) is 1. The number of hydrogen-bond acceptors (Lipinski definition) is 4. The molecule has 1 fully saturated rings. The van der Waals surface area contributed by atoms with Crippen LogP contribution < -0.4 is 16.0 Å². The monoisotopic (exact) mass is 326 g/mol. The maximum absolute atomic E-state index is 13.0. The molecule has 1 heterocycles. The van der Waals surface area contributed by atoms with Crippen molar-refractivity contribution in [1.29, 1.82) is 0 Å². The molecule has 3 amide bonds. The van der Waals surface area contributed by atoms with Gasteiger partial charge in [0.05, 0.1) is 6.04 Å². The van der Waals surface area contributed by atoms with E-state index in [9.17, 15) is 14.4 Å². The SMILES string of the molecule is CNC(=O)[C@@H]1CCCN1C(=O)C(NC(=O)[C@H](C)NC)C(C)(C)C. The van der Waals surface area contributed by atoms with E-state index in [1.54, 1.807) is 25.9 Å². The van der Waals surface area contributed by atoms with Crippen LogP contribution in [0.2, 0.25) is 0 Å². The first-order valence-corrected chi connectivity index (χ1v) is 8.13. The van der Waals surface area contributed by atoms with Crippen LogP contribution in [0.25, 0.3) is 0 Å². The number of nitrogens with zero attached hydrogens (tertiary/aromatic N) is 1. The average Bonchev–Trinajstić information content (AvgIpc) is 2.98. The van der Waals surface area contributed by atoms with Crippen molar-refractivity contribution in [3.8, 4) is 0 Å². The standard InChI is InChI=1S/C16H30N4O3/c1-10(17-5)13(21)19-12(16(2,3)4)15(23)20-9-7-8-11(20)14(22)18-6/h10-12,17H,7-9H2,1-6H3,(H,18,22)(H,19,21)/t10-,11-,12?/m0/s1. The van der Waals surface area contributed by atoms with Gasteiger partial charge in [-0.3, -0.25) is 14.4 Å². The molecule has 1 aliphatic rings. The van der Waals surface area contributed by atoms with Gasteiger partial charge < -0.3 is 20.9 Å². The third-order valence-corrected chi connectivity index (χ3v) is 4.31.